The van der Waals surface area contributed by atoms with Crippen LogP contribution in [0.15, 0.2) is 66.1 Å². The Labute approximate surface area is 134 Å². The minimum atomic E-state index is -4.05. The fraction of sp³-hybridized carbons (Fsp3) is 0.118. The largest absolute Gasteiger partial charge is 0.436 e. The van der Waals surface area contributed by atoms with E-state index in [1.807, 2.05) is 6.92 Å². The number of para-hydroxylation sites is 1. The van der Waals surface area contributed by atoms with Crippen molar-refractivity contribution in [1.82, 2.24) is 0 Å². The van der Waals surface area contributed by atoms with Gasteiger partial charge in [0.15, 0.2) is 0 Å². The maximum absolute atomic E-state index is 12.9. The molecule has 0 bridgehead atoms. The van der Waals surface area contributed by atoms with Crippen molar-refractivity contribution in [3.05, 3.63) is 72.3 Å². The molecular weight excluding hydrogens is 314 g/mol. The van der Waals surface area contributed by atoms with Crippen molar-refractivity contribution in [2.45, 2.75) is 17.9 Å². The molecule has 0 N–H and O–H groups in total. The molecule has 0 aromatic heterocycles. The number of amides is 1. The third-order valence-corrected chi connectivity index (χ3v) is 5.32. The Morgan fingerprint density at radius 2 is 1.78 bits per heavy atom. The highest BCUT2D eigenvalue weighted by atomic mass is 32.2. The molecule has 0 unspecified atom stereocenters. The molecule has 0 spiro atoms. The lowest BCUT2D eigenvalue weighted by Gasteiger charge is -2.31. The third kappa shape index (κ3) is 2.51. The highest BCUT2D eigenvalue weighted by Crippen LogP contribution is 2.38. The smallest absolute Gasteiger partial charge is 0.429 e. The standard InChI is InChI=1S/C17H15NO4S/c1-3-16-14-6-4-5-7-15(14)18(17(19)22-16)23(20,21)13-10-8-12(2)9-11-13/h3-11,16H,1H2,2H3/t16-/m0/s1. The van der Waals surface area contributed by atoms with Gasteiger partial charge in [0, 0.05) is 5.56 Å². The number of nitrogens with zero attached hydrogens (tertiary/aromatic N) is 1. The van der Waals surface area contributed by atoms with E-state index in [0.717, 1.165) is 5.56 Å². The van der Waals surface area contributed by atoms with Crippen LogP contribution in [0.5, 0.6) is 0 Å². The van der Waals surface area contributed by atoms with Crippen LogP contribution in [-0.4, -0.2) is 14.5 Å². The summed E-state index contributed by atoms with van der Waals surface area (Å²) in [5.74, 6) is 0. The van der Waals surface area contributed by atoms with E-state index in [4.69, 9.17) is 4.74 Å². The minimum Gasteiger partial charge on any atom is -0.436 e. The average molecular weight is 329 g/mol. The van der Waals surface area contributed by atoms with Gasteiger partial charge in [-0.2, -0.15) is 4.31 Å². The number of anilines is 1. The summed E-state index contributed by atoms with van der Waals surface area (Å²) in [6, 6.07) is 13.0. The zero-order valence-electron chi connectivity index (χ0n) is 12.5. The number of carbonyl (C=O) groups excluding carboxylic acids is 1. The highest BCUT2D eigenvalue weighted by Gasteiger charge is 2.39. The van der Waals surface area contributed by atoms with Crippen LogP contribution < -0.4 is 4.31 Å². The lowest BCUT2D eigenvalue weighted by molar-refractivity contribution is 0.126. The first kappa shape index (κ1) is 15.3. The first-order chi connectivity index (χ1) is 10.9. The molecule has 0 saturated carbocycles. The molecule has 0 aliphatic carbocycles. The number of aryl methyl sites for hydroxylation is 1. The van der Waals surface area contributed by atoms with Gasteiger partial charge in [-0.25, -0.2) is 13.2 Å². The zero-order valence-corrected chi connectivity index (χ0v) is 13.3. The molecule has 1 heterocycles. The van der Waals surface area contributed by atoms with E-state index in [9.17, 15) is 13.2 Å². The number of rotatable bonds is 3. The second kappa shape index (κ2) is 5.55. The van der Waals surface area contributed by atoms with Crippen LogP contribution >= 0.6 is 0 Å². The molecule has 118 valence electrons. The summed E-state index contributed by atoms with van der Waals surface area (Å²) < 4.78 is 31.6. The lowest BCUT2D eigenvalue weighted by atomic mass is 10.1. The Hall–Kier alpha value is -2.60. The number of hydrogen-bond acceptors (Lipinski definition) is 4. The van der Waals surface area contributed by atoms with E-state index in [0.29, 0.717) is 9.87 Å². The molecule has 1 atom stereocenters. The van der Waals surface area contributed by atoms with Crippen molar-refractivity contribution in [3.8, 4) is 0 Å². The fourth-order valence-electron chi connectivity index (χ4n) is 2.45. The van der Waals surface area contributed by atoms with E-state index in [1.54, 1.807) is 36.4 Å². The van der Waals surface area contributed by atoms with Gasteiger partial charge >= 0.3 is 6.09 Å². The topological polar surface area (TPSA) is 63.7 Å². The maximum Gasteiger partial charge on any atom is 0.429 e. The van der Waals surface area contributed by atoms with Crippen LogP contribution in [0.2, 0.25) is 0 Å². The number of sulfonamides is 1. The van der Waals surface area contributed by atoms with Gasteiger partial charge in [0.05, 0.1) is 10.6 Å². The molecule has 1 aliphatic heterocycles. The molecule has 1 aliphatic rings. The van der Waals surface area contributed by atoms with Crippen LogP contribution in [0.4, 0.5) is 10.5 Å². The van der Waals surface area contributed by atoms with Crippen LogP contribution in [0.25, 0.3) is 0 Å². The fourth-order valence-corrected chi connectivity index (χ4v) is 3.81. The third-order valence-electron chi connectivity index (χ3n) is 3.63. The summed E-state index contributed by atoms with van der Waals surface area (Å²) in [6.45, 7) is 5.48. The Morgan fingerprint density at radius 3 is 2.43 bits per heavy atom. The van der Waals surface area contributed by atoms with Gasteiger partial charge in [-0.3, -0.25) is 0 Å². The lowest BCUT2D eigenvalue weighted by Crippen LogP contribution is -2.41. The SMILES string of the molecule is C=C[C@@H]1OC(=O)N(S(=O)(=O)c2ccc(C)cc2)c2ccccc21. The average Bonchev–Trinajstić information content (AvgIpc) is 2.54. The number of benzene rings is 2. The van der Waals surface area contributed by atoms with Crippen LogP contribution in [0, 0.1) is 6.92 Å². The minimum absolute atomic E-state index is 0.0342. The quantitative estimate of drug-likeness (QED) is 0.808. The molecule has 2 aromatic rings. The van der Waals surface area contributed by atoms with Crippen molar-refractivity contribution in [2.75, 3.05) is 4.31 Å². The number of ether oxygens (including phenoxy) is 1. The van der Waals surface area contributed by atoms with Crippen molar-refractivity contribution in [2.24, 2.45) is 0 Å². The van der Waals surface area contributed by atoms with Crippen LogP contribution in [0.1, 0.15) is 17.2 Å². The number of cyclic esters (lactones) is 1. The second-order valence-corrected chi connectivity index (χ2v) is 6.97. The van der Waals surface area contributed by atoms with Crippen molar-refractivity contribution in [1.29, 1.82) is 0 Å². The molecule has 5 nitrogen and oxygen atoms in total. The van der Waals surface area contributed by atoms with Gasteiger partial charge in [-0.15, -0.1) is 0 Å². The van der Waals surface area contributed by atoms with Gasteiger partial charge in [0.25, 0.3) is 10.0 Å². The Bertz CT molecular complexity index is 872. The predicted molar refractivity (Wildman–Crippen MR) is 86.7 cm³/mol. The van der Waals surface area contributed by atoms with Crippen molar-refractivity contribution in [3.63, 3.8) is 0 Å². The van der Waals surface area contributed by atoms with Gasteiger partial charge in [-0.1, -0.05) is 42.5 Å². The van der Waals surface area contributed by atoms with Gasteiger partial charge < -0.3 is 4.74 Å². The molecule has 1 amide bonds. The highest BCUT2D eigenvalue weighted by molar-refractivity contribution is 7.93. The summed E-state index contributed by atoms with van der Waals surface area (Å²) in [4.78, 5) is 12.3. The van der Waals surface area contributed by atoms with Gasteiger partial charge in [0.1, 0.15) is 6.10 Å². The summed E-state index contributed by atoms with van der Waals surface area (Å²) in [7, 11) is -4.05. The molecule has 2 aromatic carbocycles. The Balaban J connectivity index is 2.17. The molecular formula is C17H15NO4S. The van der Waals surface area contributed by atoms with E-state index in [-0.39, 0.29) is 10.6 Å². The molecule has 0 fully saturated rings. The zero-order chi connectivity index (χ0) is 16.6. The Morgan fingerprint density at radius 1 is 1.13 bits per heavy atom. The first-order valence-corrected chi connectivity index (χ1v) is 8.43. The molecule has 0 saturated heterocycles. The van der Waals surface area contributed by atoms with Crippen LogP contribution in [0.3, 0.4) is 0 Å². The van der Waals surface area contributed by atoms with E-state index in [2.05, 4.69) is 6.58 Å². The van der Waals surface area contributed by atoms with Crippen LogP contribution in [-0.2, 0) is 14.8 Å². The van der Waals surface area contributed by atoms with Crippen molar-refractivity contribution < 1.29 is 17.9 Å². The molecule has 3 rings (SSSR count). The number of hydrogen-bond donors (Lipinski definition) is 0. The summed E-state index contributed by atoms with van der Waals surface area (Å²) >= 11 is 0. The van der Waals surface area contributed by atoms with E-state index >= 15 is 0 Å². The Kier molecular flexibility index (Phi) is 3.69. The monoisotopic (exact) mass is 329 g/mol. The molecule has 6 heteroatoms. The van der Waals surface area contributed by atoms with E-state index < -0.39 is 22.2 Å². The van der Waals surface area contributed by atoms with Crippen molar-refractivity contribution >= 4 is 21.8 Å². The maximum atomic E-state index is 12.9. The van der Waals surface area contributed by atoms with Gasteiger partial charge in [-0.05, 0) is 31.2 Å². The summed E-state index contributed by atoms with van der Waals surface area (Å²) in [6.07, 6.45) is -0.135. The molecule has 23 heavy (non-hydrogen) atoms. The molecule has 0 radical (unpaired) electrons. The summed E-state index contributed by atoms with van der Waals surface area (Å²) in [5.41, 5.74) is 1.80. The summed E-state index contributed by atoms with van der Waals surface area (Å²) in [5, 5.41) is 0. The first-order valence-electron chi connectivity index (χ1n) is 6.99. The van der Waals surface area contributed by atoms with Gasteiger partial charge in [0.2, 0.25) is 0 Å². The second-order valence-electron chi connectivity index (χ2n) is 5.18. The number of carbonyl (C=O) groups is 1. The number of fused-ring (bicyclic) bond motifs is 1. The predicted octanol–water partition coefficient (Wildman–Crippen LogP) is 3.57. The normalized spacial score (nSPS) is 17.3. The van der Waals surface area contributed by atoms with E-state index in [1.165, 1.54) is 18.2 Å².